The van der Waals surface area contributed by atoms with Crippen molar-refractivity contribution >= 4 is 24.0 Å². The molecule has 19 heavy (non-hydrogen) atoms. The topological polar surface area (TPSA) is 61.4 Å². The number of hydrogen-bond acceptors (Lipinski definition) is 3. The molecule has 2 rings (SSSR count). The fourth-order valence-electron chi connectivity index (χ4n) is 2.21. The Balaban J connectivity index is 0.00000180. The molecule has 0 aromatic heterocycles. The molecule has 1 aromatic carbocycles. The molecule has 1 heterocycles. The van der Waals surface area contributed by atoms with Crippen molar-refractivity contribution in [1.29, 1.82) is 0 Å². The van der Waals surface area contributed by atoms with Gasteiger partial charge >= 0.3 is 0 Å². The van der Waals surface area contributed by atoms with E-state index in [-0.39, 0.29) is 30.0 Å². The van der Waals surface area contributed by atoms with Gasteiger partial charge in [0.25, 0.3) is 0 Å². The van der Waals surface area contributed by atoms with Crippen molar-refractivity contribution in [3.8, 4) is 5.75 Å². The lowest BCUT2D eigenvalue weighted by Crippen LogP contribution is -2.37. The van der Waals surface area contributed by atoms with Gasteiger partial charge in [0.05, 0.1) is 11.6 Å². The Morgan fingerprint density at radius 2 is 2.32 bits per heavy atom. The minimum absolute atomic E-state index is 0. The summed E-state index contributed by atoms with van der Waals surface area (Å²) in [5.74, 6) is 0.124. The quantitative estimate of drug-likeness (QED) is 0.747. The third kappa shape index (κ3) is 4.11. The molecule has 1 aliphatic heterocycles. The second-order valence-corrected chi connectivity index (χ2v) is 4.74. The summed E-state index contributed by atoms with van der Waals surface area (Å²) in [4.78, 5) is 12.1. The highest BCUT2D eigenvalue weighted by atomic mass is 35.5. The Hall–Kier alpha value is -1.26. The van der Waals surface area contributed by atoms with Crippen LogP contribution in [0.25, 0.3) is 0 Å². The minimum atomic E-state index is -0.00856. The molecule has 1 saturated heterocycles. The number of aromatic hydroxyl groups is 1. The van der Waals surface area contributed by atoms with Crippen molar-refractivity contribution in [3.63, 3.8) is 0 Å². The lowest BCUT2D eigenvalue weighted by molar-refractivity contribution is -0.120. The molecule has 0 unspecified atom stereocenters. The van der Waals surface area contributed by atoms with Crippen LogP contribution in [0.4, 0.5) is 5.69 Å². The first-order valence-electron chi connectivity index (χ1n) is 6.54. The predicted molar refractivity (Wildman–Crippen MR) is 79.0 cm³/mol. The van der Waals surface area contributed by atoms with Gasteiger partial charge in [-0.25, -0.2) is 0 Å². The normalized spacial score (nSPS) is 18.5. The zero-order valence-electron chi connectivity index (χ0n) is 11.1. The van der Waals surface area contributed by atoms with E-state index in [2.05, 4.69) is 10.6 Å². The highest BCUT2D eigenvalue weighted by Gasteiger charge is 2.21. The Labute approximate surface area is 120 Å². The van der Waals surface area contributed by atoms with Gasteiger partial charge in [-0.1, -0.05) is 13.0 Å². The van der Waals surface area contributed by atoms with E-state index < -0.39 is 0 Å². The van der Waals surface area contributed by atoms with Crippen molar-refractivity contribution in [2.45, 2.75) is 26.2 Å². The summed E-state index contributed by atoms with van der Waals surface area (Å²) in [5.41, 5.74) is 1.62. The number of anilines is 1. The number of phenols is 1. The van der Waals surface area contributed by atoms with Gasteiger partial charge in [-0.15, -0.1) is 12.4 Å². The second kappa shape index (κ2) is 7.36. The third-order valence-corrected chi connectivity index (χ3v) is 3.39. The van der Waals surface area contributed by atoms with Gasteiger partial charge in [0.2, 0.25) is 5.91 Å². The molecule has 1 fully saturated rings. The number of rotatable bonds is 3. The van der Waals surface area contributed by atoms with E-state index in [1.165, 1.54) is 0 Å². The maximum atomic E-state index is 12.1. The average molecular weight is 285 g/mol. The Kier molecular flexibility index (Phi) is 6.12. The summed E-state index contributed by atoms with van der Waals surface area (Å²) in [6, 6.07) is 5.34. The number of carbonyl (C=O) groups is 1. The summed E-state index contributed by atoms with van der Waals surface area (Å²) in [6.45, 7) is 3.75. The van der Waals surface area contributed by atoms with E-state index in [4.69, 9.17) is 0 Å². The van der Waals surface area contributed by atoms with Crippen LogP contribution in [0, 0.1) is 5.92 Å². The number of aryl methyl sites for hydroxylation is 1. The van der Waals surface area contributed by atoms with E-state index >= 15 is 0 Å². The van der Waals surface area contributed by atoms with Crippen LogP contribution in [0.15, 0.2) is 18.2 Å². The van der Waals surface area contributed by atoms with Gasteiger partial charge in [-0.05, 0) is 43.5 Å². The molecule has 0 aliphatic carbocycles. The molecule has 0 radical (unpaired) electrons. The van der Waals surface area contributed by atoms with Gasteiger partial charge in [0, 0.05) is 6.54 Å². The standard InChI is InChI=1S/C14H20N2O2.ClH/c1-2-10-5-6-13(17)12(8-10)16-14(18)11-4-3-7-15-9-11;/h5-6,8,11,15,17H,2-4,7,9H2,1H3,(H,16,18);1H/t11-;/m1./s1. The summed E-state index contributed by atoms with van der Waals surface area (Å²) in [6.07, 6.45) is 2.82. The van der Waals surface area contributed by atoms with Crippen molar-refractivity contribution in [1.82, 2.24) is 5.32 Å². The van der Waals surface area contributed by atoms with Crippen LogP contribution in [-0.2, 0) is 11.2 Å². The molecule has 4 nitrogen and oxygen atoms in total. The number of halogens is 1. The van der Waals surface area contributed by atoms with E-state index in [1.807, 2.05) is 19.1 Å². The van der Waals surface area contributed by atoms with Crippen LogP contribution in [0.5, 0.6) is 5.75 Å². The molecular formula is C14H21ClN2O2. The first kappa shape index (κ1) is 15.8. The molecule has 1 aromatic rings. The number of benzene rings is 1. The Morgan fingerprint density at radius 1 is 1.53 bits per heavy atom. The number of nitrogens with one attached hydrogen (secondary N) is 2. The molecule has 106 valence electrons. The van der Waals surface area contributed by atoms with Gasteiger partial charge in [-0.3, -0.25) is 4.79 Å². The van der Waals surface area contributed by atoms with Crippen LogP contribution >= 0.6 is 12.4 Å². The fraction of sp³-hybridized carbons (Fsp3) is 0.500. The number of amides is 1. The fourth-order valence-corrected chi connectivity index (χ4v) is 2.21. The first-order chi connectivity index (χ1) is 8.70. The van der Waals surface area contributed by atoms with E-state index in [9.17, 15) is 9.90 Å². The zero-order valence-corrected chi connectivity index (χ0v) is 11.9. The molecule has 1 atom stereocenters. The van der Waals surface area contributed by atoms with Crippen LogP contribution in [0.1, 0.15) is 25.3 Å². The summed E-state index contributed by atoms with van der Waals surface area (Å²) in [5, 5.41) is 15.8. The number of carbonyl (C=O) groups excluding carboxylic acids is 1. The number of hydrogen-bond donors (Lipinski definition) is 3. The maximum absolute atomic E-state index is 12.1. The van der Waals surface area contributed by atoms with Crippen LogP contribution in [0.3, 0.4) is 0 Å². The predicted octanol–water partition coefficient (Wildman–Crippen LogP) is 2.31. The largest absolute Gasteiger partial charge is 0.506 e. The minimum Gasteiger partial charge on any atom is -0.506 e. The molecule has 0 spiro atoms. The second-order valence-electron chi connectivity index (χ2n) is 4.74. The zero-order chi connectivity index (χ0) is 13.0. The lowest BCUT2D eigenvalue weighted by atomic mass is 9.98. The van der Waals surface area contributed by atoms with Crippen LogP contribution < -0.4 is 10.6 Å². The van der Waals surface area contributed by atoms with Crippen LogP contribution in [-0.4, -0.2) is 24.1 Å². The van der Waals surface area contributed by atoms with Gasteiger partial charge in [-0.2, -0.15) is 0 Å². The van der Waals surface area contributed by atoms with Gasteiger partial charge in [0.15, 0.2) is 0 Å². The summed E-state index contributed by atoms with van der Waals surface area (Å²) >= 11 is 0. The lowest BCUT2D eigenvalue weighted by Gasteiger charge is -2.22. The molecule has 5 heteroatoms. The number of phenolic OH excluding ortho intramolecular Hbond substituents is 1. The maximum Gasteiger partial charge on any atom is 0.228 e. The Bertz CT molecular complexity index is 431. The third-order valence-electron chi connectivity index (χ3n) is 3.39. The number of piperidine rings is 1. The first-order valence-corrected chi connectivity index (χ1v) is 6.54. The molecule has 1 aliphatic rings. The van der Waals surface area contributed by atoms with Crippen LogP contribution in [0.2, 0.25) is 0 Å². The van der Waals surface area contributed by atoms with Gasteiger partial charge < -0.3 is 15.7 Å². The summed E-state index contributed by atoms with van der Waals surface area (Å²) in [7, 11) is 0. The molecule has 0 saturated carbocycles. The molecular weight excluding hydrogens is 264 g/mol. The highest BCUT2D eigenvalue weighted by Crippen LogP contribution is 2.25. The van der Waals surface area contributed by atoms with Gasteiger partial charge in [0.1, 0.15) is 5.75 Å². The Morgan fingerprint density at radius 3 is 2.95 bits per heavy atom. The molecule has 3 N–H and O–H groups in total. The van der Waals surface area contributed by atoms with Crippen molar-refractivity contribution < 1.29 is 9.90 Å². The van der Waals surface area contributed by atoms with E-state index in [0.29, 0.717) is 5.69 Å². The van der Waals surface area contributed by atoms with Crippen molar-refractivity contribution in [2.75, 3.05) is 18.4 Å². The average Bonchev–Trinajstić information content (AvgIpc) is 2.42. The molecule has 0 bridgehead atoms. The highest BCUT2D eigenvalue weighted by molar-refractivity contribution is 5.94. The van der Waals surface area contributed by atoms with Crippen molar-refractivity contribution in [3.05, 3.63) is 23.8 Å². The smallest absolute Gasteiger partial charge is 0.228 e. The van der Waals surface area contributed by atoms with E-state index in [1.54, 1.807) is 6.07 Å². The molecule has 1 amide bonds. The monoisotopic (exact) mass is 284 g/mol. The SMILES string of the molecule is CCc1ccc(O)c(NC(=O)[C@@H]2CCCNC2)c1.Cl. The van der Waals surface area contributed by atoms with E-state index in [0.717, 1.165) is 37.9 Å². The van der Waals surface area contributed by atoms with Crippen molar-refractivity contribution in [2.24, 2.45) is 5.92 Å². The summed E-state index contributed by atoms with van der Waals surface area (Å²) < 4.78 is 0.